The normalized spacial score (nSPS) is 12.0. The molecule has 0 aliphatic heterocycles. The highest BCUT2D eigenvalue weighted by Crippen LogP contribution is 2.18. The van der Waals surface area contributed by atoms with Crippen LogP contribution in [-0.4, -0.2) is 49.8 Å². The second-order valence-corrected chi connectivity index (χ2v) is 5.82. The predicted molar refractivity (Wildman–Crippen MR) is 89.5 cm³/mol. The minimum absolute atomic E-state index is 0.280. The van der Waals surface area contributed by atoms with Crippen LogP contribution in [0.2, 0.25) is 5.02 Å². The maximum Gasteiger partial charge on any atom is 0.335 e. The summed E-state index contributed by atoms with van der Waals surface area (Å²) in [7, 11) is 0. The number of aromatic amines is 1. The van der Waals surface area contributed by atoms with Crippen molar-refractivity contribution in [3.05, 3.63) is 55.7 Å². The van der Waals surface area contributed by atoms with Gasteiger partial charge in [-0.3, -0.25) is 14.8 Å². The number of benzene rings is 1. The minimum atomic E-state index is -1.22. The van der Waals surface area contributed by atoms with Crippen molar-refractivity contribution in [3.63, 3.8) is 0 Å². The Bertz CT molecular complexity index is 866. The minimum Gasteiger partial charge on any atom is -0.493 e. The molecule has 0 radical (unpaired) electrons. The van der Waals surface area contributed by atoms with Gasteiger partial charge in [-0.15, -0.1) is 0 Å². The van der Waals surface area contributed by atoms with Crippen LogP contribution in [0, 0.1) is 0 Å². The van der Waals surface area contributed by atoms with E-state index in [1.54, 1.807) is 0 Å². The van der Waals surface area contributed by atoms with Crippen molar-refractivity contribution in [2.24, 2.45) is 4.99 Å². The van der Waals surface area contributed by atoms with Gasteiger partial charge in [0.2, 0.25) is 5.88 Å². The molecular weight excluding hydrogens is 338 g/mol. The van der Waals surface area contributed by atoms with E-state index in [4.69, 9.17) is 11.6 Å². The lowest BCUT2D eigenvalue weighted by Crippen LogP contribution is -2.34. The zero-order chi connectivity index (χ0) is 17.9. The first kappa shape index (κ1) is 17.9. The molecule has 0 bridgehead atoms. The molecule has 4 N–H and O–H groups in total. The van der Waals surface area contributed by atoms with E-state index in [1.807, 2.05) is 0 Å². The van der Waals surface area contributed by atoms with Crippen molar-refractivity contribution < 1.29 is 15.3 Å². The number of nitrogens with zero attached hydrogens (tertiary/aromatic N) is 2. The van der Waals surface area contributed by atoms with Crippen LogP contribution in [0.25, 0.3) is 5.69 Å². The van der Waals surface area contributed by atoms with E-state index in [1.165, 1.54) is 31.2 Å². The number of aromatic nitrogens is 2. The number of rotatable bonds is 5. The van der Waals surface area contributed by atoms with Crippen molar-refractivity contribution in [1.29, 1.82) is 0 Å². The van der Waals surface area contributed by atoms with Gasteiger partial charge in [0.1, 0.15) is 11.1 Å². The molecular formula is C15H16ClN3O5. The number of aromatic hydroxyl groups is 1. The number of aliphatic imine (C=N–C) groups is 1. The Balaban J connectivity index is 2.61. The van der Waals surface area contributed by atoms with Crippen LogP contribution >= 0.6 is 11.6 Å². The van der Waals surface area contributed by atoms with Crippen LogP contribution < -0.4 is 11.2 Å². The summed E-state index contributed by atoms with van der Waals surface area (Å²) in [6.07, 6.45) is 1.01. The van der Waals surface area contributed by atoms with E-state index in [2.05, 4.69) is 9.98 Å². The summed E-state index contributed by atoms with van der Waals surface area (Å²) in [5, 5.41) is 29.2. The van der Waals surface area contributed by atoms with Crippen LogP contribution in [0.1, 0.15) is 12.5 Å². The highest BCUT2D eigenvalue weighted by atomic mass is 35.5. The van der Waals surface area contributed by atoms with Crippen molar-refractivity contribution in [2.75, 3.05) is 13.2 Å². The molecule has 0 aliphatic carbocycles. The van der Waals surface area contributed by atoms with Crippen LogP contribution in [-0.2, 0) is 0 Å². The van der Waals surface area contributed by atoms with Gasteiger partial charge in [0, 0.05) is 11.2 Å². The maximum absolute atomic E-state index is 12.0. The molecule has 128 valence electrons. The van der Waals surface area contributed by atoms with E-state index < -0.39 is 35.9 Å². The number of aliphatic hydroxyl groups is 2. The molecule has 0 saturated heterocycles. The molecule has 1 aromatic carbocycles. The molecule has 0 unspecified atom stereocenters. The molecule has 0 atom stereocenters. The average Bonchev–Trinajstić information content (AvgIpc) is 2.55. The quantitative estimate of drug-likeness (QED) is 0.564. The standard InChI is InChI=1S/C15H16ClN3O5/c1-15(7-20,8-21)17-6-11-12(22)18-14(24)19(13(11)23)10-4-2-9(16)3-5-10/h2-6,20-21,23H,7-8H2,1H3,(H,18,22,24). The van der Waals surface area contributed by atoms with E-state index in [-0.39, 0.29) is 5.56 Å². The van der Waals surface area contributed by atoms with E-state index in [0.717, 1.165) is 10.8 Å². The van der Waals surface area contributed by atoms with Crippen molar-refractivity contribution >= 4 is 17.8 Å². The summed E-state index contributed by atoms with van der Waals surface area (Å²) in [5.74, 6) is -0.618. The Labute approximate surface area is 141 Å². The molecule has 2 aromatic rings. The second-order valence-electron chi connectivity index (χ2n) is 5.38. The fraction of sp³-hybridized carbons (Fsp3) is 0.267. The number of nitrogens with one attached hydrogen (secondary N) is 1. The van der Waals surface area contributed by atoms with Gasteiger partial charge < -0.3 is 15.3 Å². The molecule has 0 spiro atoms. The average molecular weight is 354 g/mol. The number of aliphatic hydroxyl groups excluding tert-OH is 2. The van der Waals surface area contributed by atoms with E-state index in [9.17, 15) is 24.9 Å². The summed E-state index contributed by atoms with van der Waals surface area (Å²) in [6.45, 7) is 0.537. The fourth-order valence-corrected chi connectivity index (χ4v) is 1.96. The first-order valence-electron chi connectivity index (χ1n) is 6.92. The Morgan fingerprint density at radius 2 is 1.83 bits per heavy atom. The Morgan fingerprint density at radius 3 is 2.38 bits per heavy atom. The van der Waals surface area contributed by atoms with Gasteiger partial charge in [0.25, 0.3) is 5.56 Å². The van der Waals surface area contributed by atoms with Gasteiger partial charge in [-0.25, -0.2) is 9.36 Å². The molecule has 0 amide bonds. The molecule has 9 heteroatoms. The third-order valence-electron chi connectivity index (χ3n) is 3.39. The fourth-order valence-electron chi connectivity index (χ4n) is 1.84. The topological polar surface area (TPSA) is 128 Å². The largest absolute Gasteiger partial charge is 0.493 e. The van der Waals surface area contributed by atoms with Crippen LogP contribution in [0.5, 0.6) is 5.88 Å². The van der Waals surface area contributed by atoms with Gasteiger partial charge in [-0.05, 0) is 31.2 Å². The summed E-state index contributed by atoms with van der Waals surface area (Å²) < 4.78 is 0.883. The van der Waals surface area contributed by atoms with Crippen LogP contribution in [0.4, 0.5) is 0 Å². The number of H-pyrrole nitrogens is 1. The van der Waals surface area contributed by atoms with Gasteiger partial charge in [0.05, 0.1) is 18.9 Å². The van der Waals surface area contributed by atoms with Gasteiger partial charge >= 0.3 is 5.69 Å². The highest BCUT2D eigenvalue weighted by molar-refractivity contribution is 6.30. The summed E-state index contributed by atoms with van der Waals surface area (Å²) in [5.41, 5.74) is -2.88. The molecule has 0 saturated carbocycles. The van der Waals surface area contributed by atoms with Crippen LogP contribution in [0.3, 0.4) is 0 Å². The smallest absolute Gasteiger partial charge is 0.335 e. The summed E-state index contributed by atoms with van der Waals surface area (Å²) in [4.78, 5) is 29.9. The molecule has 0 fully saturated rings. The lowest BCUT2D eigenvalue weighted by Gasteiger charge is -2.18. The molecule has 24 heavy (non-hydrogen) atoms. The zero-order valence-corrected chi connectivity index (χ0v) is 13.5. The SMILES string of the molecule is CC(CO)(CO)N=Cc1c(O)n(-c2ccc(Cl)cc2)c(=O)[nH]c1=O. The monoisotopic (exact) mass is 353 g/mol. The first-order valence-corrected chi connectivity index (χ1v) is 7.30. The summed E-state index contributed by atoms with van der Waals surface area (Å²) in [6, 6.07) is 6.04. The molecule has 1 heterocycles. The van der Waals surface area contributed by atoms with Gasteiger partial charge in [-0.2, -0.15) is 0 Å². The lowest BCUT2D eigenvalue weighted by atomic mass is 10.1. The zero-order valence-electron chi connectivity index (χ0n) is 12.7. The Kier molecular flexibility index (Phi) is 5.23. The number of hydrogen-bond acceptors (Lipinski definition) is 6. The summed E-state index contributed by atoms with van der Waals surface area (Å²) >= 11 is 5.79. The van der Waals surface area contributed by atoms with Gasteiger partial charge in [0.15, 0.2) is 0 Å². The first-order chi connectivity index (χ1) is 11.3. The predicted octanol–water partition coefficient (Wildman–Crippen LogP) is 0.0470. The molecule has 0 aliphatic rings. The van der Waals surface area contributed by atoms with E-state index in [0.29, 0.717) is 10.7 Å². The second kappa shape index (κ2) is 7.00. The van der Waals surface area contributed by atoms with Crippen molar-refractivity contribution in [2.45, 2.75) is 12.5 Å². The van der Waals surface area contributed by atoms with E-state index >= 15 is 0 Å². The van der Waals surface area contributed by atoms with Crippen molar-refractivity contribution in [1.82, 2.24) is 9.55 Å². The Morgan fingerprint density at radius 1 is 1.25 bits per heavy atom. The van der Waals surface area contributed by atoms with Crippen LogP contribution in [0.15, 0.2) is 38.8 Å². The third kappa shape index (κ3) is 3.56. The third-order valence-corrected chi connectivity index (χ3v) is 3.64. The molecule has 8 nitrogen and oxygen atoms in total. The molecule has 2 rings (SSSR count). The Hall–Kier alpha value is -2.42. The highest BCUT2D eigenvalue weighted by Gasteiger charge is 2.21. The molecule has 1 aromatic heterocycles. The lowest BCUT2D eigenvalue weighted by molar-refractivity contribution is 0.136. The maximum atomic E-state index is 12.0. The number of hydrogen-bond donors (Lipinski definition) is 4. The van der Waals surface area contributed by atoms with Crippen molar-refractivity contribution in [3.8, 4) is 11.6 Å². The number of halogens is 1. The van der Waals surface area contributed by atoms with Gasteiger partial charge in [-0.1, -0.05) is 11.6 Å².